The number of rotatable bonds is 7. The fourth-order valence-electron chi connectivity index (χ4n) is 3.40. The van der Waals surface area contributed by atoms with Crippen molar-refractivity contribution in [2.45, 2.75) is 13.5 Å². The molecule has 0 aliphatic rings. The van der Waals surface area contributed by atoms with Crippen LogP contribution in [-0.2, 0) is 6.54 Å². The van der Waals surface area contributed by atoms with Gasteiger partial charge >= 0.3 is 0 Å². The first-order chi connectivity index (χ1) is 16.1. The van der Waals surface area contributed by atoms with E-state index in [1.807, 2.05) is 37.3 Å². The van der Waals surface area contributed by atoms with E-state index in [1.165, 1.54) is 10.9 Å². The van der Waals surface area contributed by atoms with E-state index in [2.05, 4.69) is 15.6 Å². The standard InChI is InChI=1S/C25H22N4O4/c1-2-33-21-14-8-11-18(23(21)30)15-26-27-24(31)22-19-12-6-7-13-20(19)25(32)29(28-22)16-17-9-4-3-5-10-17/h3-15,30H,2,16H2,1H3,(H,27,31)/b26-15+. The molecular weight excluding hydrogens is 420 g/mol. The van der Waals surface area contributed by atoms with Crippen LogP contribution in [0.15, 0.2) is 82.7 Å². The van der Waals surface area contributed by atoms with Gasteiger partial charge in [-0.15, -0.1) is 0 Å². The van der Waals surface area contributed by atoms with Crippen LogP contribution >= 0.6 is 0 Å². The van der Waals surface area contributed by atoms with Crippen LogP contribution in [0.1, 0.15) is 28.5 Å². The van der Waals surface area contributed by atoms with E-state index in [1.54, 1.807) is 42.5 Å². The van der Waals surface area contributed by atoms with Crippen molar-refractivity contribution in [1.82, 2.24) is 15.2 Å². The lowest BCUT2D eigenvalue weighted by molar-refractivity contribution is 0.0949. The lowest BCUT2D eigenvalue weighted by Gasteiger charge is -2.10. The number of carbonyl (C=O) groups excluding carboxylic acids is 1. The second kappa shape index (κ2) is 9.78. The van der Waals surface area contributed by atoms with Crippen LogP contribution in [0.2, 0.25) is 0 Å². The van der Waals surface area contributed by atoms with Crippen LogP contribution in [0.4, 0.5) is 0 Å². The molecule has 0 bridgehead atoms. The first-order valence-corrected chi connectivity index (χ1v) is 10.4. The number of fused-ring (bicyclic) bond motifs is 1. The van der Waals surface area contributed by atoms with Crippen LogP contribution in [0, 0.1) is 0 Å². The average Bonchev–Trinajstić information content (AvgIpc) is 2.84. The summed E-state index contributed by atoms with van der Waals surface area (Å²) < 4.78 is 6.63. The van der Waals surface area contributed by atoms with E-state index in [0.717, 1.165) is 5.56 Å². The largest absolute Gasteiger partial charge is 0.504 e. The predicted octanol–water partition coefficient (Wildman–Crippen LogP) is 3.31. The number of nitrogens with one attached hydrogen (secondary N) is 1. The summed E-state index contributed by atoms with van der Waals surface area (Å²) in [5.41, 5.74) is 3.49. The van der Waals surface area contributed by atoms with Crippen molar-refractivity contribution in [3.8, 4) is 11.5 Å². The summed E-state index contributed by atoms with van der Waals surface area (Å²) in [5, 5.41) is 19.4. The molecule has 4 rings (SSSR count). The third-order valence-electron chi connectivity index (χ3n) is 4.96. The van der Waals surface area contributed by atoms with Gasteiger partial charge in [0, 0.05) is 10.9 Å². The van der Waals surface area contributed by atoms with Crippen molar-refractivity contribution in [1.29, 1.82) is 0 Å². The van der Waals surface area contributed by atoms with Gasteiger partial charge in [-0.1, -0.05) is 54.6 Å². The Balaban J connectivity index is 1.64. The molecule has 0 aliphatic carbocycles. The highest BCUT2D eigenvalue weighted by Gasteiger charge is 2.16. The third kappa shape index (κ3) is 4.74. The minimum absolute atomic E-state index is 0.0719. The number of aromatic nitrogens is 2. The Morgan fingerprint density at radius 1 is 1.06 bits per heavy atom. The fraction of sp³-hybridized carbons (Fsp3) is 0.120. The molecule has 0 atom stereocenters. The molecule has 1 amide bonds. The fourth-order valence-corrected chi connectivity index (χ4v) is 3.40. The number of aromatic hydroxyl groups is 1. The maximum Gasteiger partial charge on any atom is 0.292 e. The summed E-state index contributed by atoms with van der Waals surface area (Å²) in [6.07, 6.45) is 1.32. The predicted molar refractivity (Wildman–Crippen MR) is 126 cm³/mol. The van der Waals surface area contributed by atoms with Gasteiger partial charge in [0.15, 0.2) is 17.2 Å². The number of carbonyl (C=O) groups is 1. The van der Waals surface area contributed by atoms with Crippen molar-refractivity contribution in [3.05, 3.63) is 100.0 Å². The molecule has 8 heteroatoms. The number of hydrogen-bond donors (Lipinski definition) is 2. The zero-order valence-corrected chi connectivity index (χ0v) is 17.9. The van der Waals surface area contributed by atoms with Gasteiger partial charge < -0.3 is 9.84 Å². The zero-order valence-electron chi connectivity index (χ0n) is 17.9. The van der Waals surface area contributed by atoms with E-state index in [-0.39, 0.29) is 23.5 Å². The number of para-hydroxylation sites is 1. The molecule has 8 nitrogen and oxygen atoms in total. The molecular formula is C25H22N4O4. The Morgan fingerprint density at radius 2 is 1.79 bits per heavy atom. The number of phenols is 1. The van der Waals surface area contributed by atoms with E-state index in [9.17, 15) is 14.7 Å². The molecule has 0 saturated heterocycles. The maximum atomic E-state index is 12.9. The SMILES string of the molecule is CCOc1cccc(/C=N/NC(=O)c2nn(Cc3ccccc3)c(=O)c3ccccc23)c1O. The minimum atomic E-state index is -0.579. The molecule has 0 spiro atoms. The molecule has 0 aliphatic heterocycles. The zero-order chi connectivity index (χ0) is 23.2. The maximum absolute atomic E-state index is 12.9. The van der Waals surface area contributed by atoms with Crippen LogP contribution in [0.5, 0.6) is 11.5 Å². The summed E-state index contributed by atoms with van der Waals surface area (Å²) in [6.45, 7) is 2.45. The summed E-state index contributed by atoms with van der Waals surface area (Å²) in [6, 6.07) is 21.2. The van der Waals surface area contributed by atoms with E-state index in [4.69, 9.17) is 4.74 Å². The second-order valence-corrected chi connectivity index (χ2v) is 7.17. The van der Waals surface area contributed by atoms with Gasteiger partial charge in [0.2, 0.25) is 0 Å². The Labute approximate surface area is 189 Å². The second-order valence-electron chi connectivity index (χ2n) is 7.17. The first kappa shape index (κ1) is 21.8. The molecule has 166 valence electrons. The molecule has 33 heavy (non-hydrogen) atoms. The third-order valence-corrected chi connectivity index (χ3v) is 4.96. The Bertz CT molecular complexity index is 1380. The average molecular weight is 442 g/mol. The number of ether oxygens (including phenoxy) is 1. The summed E-state index contributed by atoms with van der Waals surface area (Å²) in [5.74, 6) is -0.324. The van der Waals surface area contributed by atoms with E-state index < -0.39 is 5.91 Å². The Kier molecular flexibility index (Phi) is 6.45. The van der Waals surface area contributed by atoms with Crippen molar-refractivity contribution in [2.75, 3.05) is 6.61 Å². The van der Waals surface area contributed by atoms with Crippen LogP contribution in [-0.4, -0.2) is 33.6 Å². The summed E-state index contributed by atoms with van der Waals surface area (Å²) >= 11 is 0. The topological polar surface area (TPSA) is 106 Å². The lowest BCUT2D eigenvalue weighted by atomic mass is 10.1. The lowest BCUT2D eigenvalue weighted by Crippen LogP contribution is -2.29. The van der Waals surface area contributed by atoms with Crippen molar-refractivity contribution < 1.29 is 14.6 Å². The Hall–Kier alpha value is -4.46. The highest BCUT2D eigenvalue weighted by molar-refractivity contribution is 6.05. The van der Waals surface area contributed by atoms with Gasteiger partial charge in [0.05, 0.1) is 24.8 Å². The number of nitrogens with zero attached hydrogens (tertiary/aromatic N) is 3. The van der Waals surface area contributed by atoms with Gasteiger partial charge in [0.25, 0.3) is 11.5 Å². The smallest absolute Gasteiger partial charge is 0.292 e. The molecule has 4 aromatic rings. The molecule has 0 unspecified atom stereocenters. The molecule has 2 N–H and O–H groups in total. The van der Waals surface area contributed by atoms with Crippen molar-refractivity contribution in [2.24, 2.45) is 5.10 Å². The molecule has 3 aromatic carbocycles. The summed E-state index contributed by atoms with van der Waals surface area (Å²) in [7, 11) is 0. The van der Waals surface area contributed by atoms with Crippen molar-refractivity contribution >= 4 is 22.9 Å². The summed E-state index contributed by atoms with van der Waals surface area (Å²) in [4.78, 5) is 25.9. The molecule has 0 radical (unpaired) electrons. The van der Waals surface area contributed by atoms with Gasteiger partial charge in [-0.3, -0.25) is 9.59 Å². The van der Waals surface area contributed by atoms with Crippen LogP contribution < -0.4 is 15.7 Å². The highest BCUT2D eigenvalue weighted by atomic mass is 16.5. The first-order valence-electron chi connectivity index (χ1n) is 10.4. The molecule has 1 heterocycles. The quantitative estimate of drug-likeness (QED) is 0.337. The molecule has 0 fully saturated rings. The molecule has 0 saturated carbocycles. The van der Waals surface area contributed by atoms with Crippen molar-refractivity contribution in [3.63, 3.8) is 0 Å². The highest BCUT2D eigenvalue weighted by Crippen LogP contribution is 2.28. The normalized spacial score (nSPS) is 11.1. The van der Waals surface area contributed by atoms with Gasteiger partial charge in [-0.05, 0) is 30.7 Å². The van der Waals surface area contributed by atoms with Crippen LogP contribution in [0.25, 0.3) is 10.8 Å². The van der Waals surface area contributed by atoms with Gasteiger partial charge in [-0.2, -0.15) is 10.2 Å². The van der Waals surface area contributed by atoms with Crippen LogP contribution in [0.3, 0.4) is 0 Å². The Morgan fingerprint density at radius 3 is 2.55 bits per heavy atom. The minimum Gasteiger partial charge on any atom is -0.504 e. The number of benzene rings is 3. The monoisotopic (exact) mass is 442 g/mol. The molecule has 1 aromatic heterocycles. The van der Waals surface area contributed by atoms with E-state index >= 15 is 0 Å². The van der Waals surface area contributed by atoms with Gasteiger partial charge in [0.1, 0.15) is 0 Å². The van der Waals surface area contributed by atoms with E-state index in [0.29, 0.717) is 28.7 Å². The number of amides is 1. The van der Waals surface area contributed by atoms with Gasteiger partial charge in [-0.25, -0.2) is 10.1 Å². The number of hydrogen-bond acceptors (Lipinski definition) is 6. The number of phenolic OH excluding ortho intramolecular Hbond substituents is 1. The number of hydrazone groups is 1.